The number of amidine groups is 2. The van der Waals surface area contributed by atoms with Gasteiger partial charge in [0.15, 0.2) is 0 Å². The molecule has 0 heterocycles. The molecule has 0 spiro atoms. The van der Waals surface area contributed by atoms with Gasteiger partial charge in [0.05, 0.1) is 0 Å². The van der Waals surface area contributed by atoms with E-state index in [1.807, 2.05) is 0 Å². The summed E-state index contributed by atoms with van der Waals surface area (Å²) >= 11 is 0. The predicted octanol–water partition coefficient (Wildman–Crippen LogP) is 3.54. The van der Waals surface area contributed by atoms with Crippen LogP contribution >= 0.6 is 0 Å². The lowest BCUT2D eigenvalue weighted by molar-refractivity contribution is 0.0998. The Morgan fingerprint density at radius 2 is 1.06 bits per heavy atom. The van der Waals surface area contributed by atoms with Gasteiger partial charge in [-0.15, -0.1) is 0 Å². The Labute approximate surface area is 199 Å². The summed E-state index contributed by atoms with van der Waals surface area (Å²) in [6.45, 7) is 0. The maximum atomic E-state index is 13.6. The fraction of sp³-hybridized carbons (Fsp3) is 0.154. The van der Waals surface area contributed by atoms with Gasteiger partial charge in [-0.3, -0.25) is 25.3 Å². The zero-order valence-corrected chi connectivity index (χ0v) is 19.7. The Morgan fingerprint density at radius 3 is 1.44 bits per heavy atom. The van der Waals surface area contributed by atoms with E-state index in [2.05, 4.69) is 0 Å². The minimum atomic E-state index is -0.612. The third-order valence-electron chi connectivity index (χ3n) is 5.29. The number of benzene rings is 3. The van der Waals surface area contributed by atoms with E-state index in [9.17, 15) is 9.59 Å². The summed E-state index contributed by atoms with van der Waals surface area (Å²) in [5.41, 5.74) is 8.59. The van der Waals surface area contributed by atoms with E-state index in [-0.39, 0.29) is 11.5 Å². The summed E-state index contributed by atoms with van der Waals surface area (Å²) in [4.78, 5) is 30.2. The van der Waals surface area contributed by atoms with Crippen molar-refractivity contribution < 1.29 is 9.59 Å². The molecule has 174 valence electrons. The van der Waals surface area contributed by atoms with Gasteiger partial charge in [0.2, 0.25) is 5.91 Å². The van der Waals surface area contributed by atoms with Crippen LogP contribution in [0.3, 0.4) is 0 Å². The molecule has 3 aromatic carbocycles. The molecular formula is C26H28N6O2. The molecule has 8 heteroatoms. The lowest BCUT2D eigenvalue weighted by Gasteiger charge is -2.24. The van der Waals surface area contributed by atoms with Gasteiger partial charge in [-0.1, -0.05) is 6.07 Å². The quantitative estimate of drug-likeness (QED) is 0.388. The number of carbonyl (C=O) groups is 2. The maximum absolute atomic E-state index is 13.6. The highest BCUT2D eigenvalue weighted by Crippen LogP contribution is 2.29. The number of carbonyl (C=O) groups excluding carboxylic acids is 2. The van der Waals surface area contributed by atoms with E-state index in [0.29, 0.717) is 39.7 Å². The second-order valence-electron chi connectivity index (χ2n) is 8.17. The maximum Gasteiger partial charge on any atom is 0.262 e. The van der Waals surface area contributed by atoms with Crippen LogP contribution in [0.5, 0.6) is 0 Å². The highest BCUT2D eigenvalue weighted by atomic mass is 16.2. The number of nitrogens with two attached hydrogens (primary N) is 1. The minimum Gasteiger partial charge on any atom is -0.366 e. The summed E-state index contributed by atoms with van der Waals surface area (Å²) in [6.07, 6.45) is 0. The highest BCUT2D eigenvalue weighted by Gasteiger charge is 2.21. The number of anilines is 2. The lowest BCUT2D eigenvalue weighted by atomic mass is 10.1. The van der Waals surface area contributed by atoms with Gasteiger partial charge >= 0.3 is 0 Å². The molecule has 34 heavy (non-hydrogen) atoms. The van der Waals surface area contributed by atoms with E-state index in [1.54, 1.807) is 105 Å². The summed E-state index contributed by atoms with van der Waals surface area (Å²) in [5.74, 6) is -0.247. The molecule has 0 unspecified atom stereocenters. The van der Waals surface area contributed by atoms with Gasteiger partial charge in [-0.05, 0) is 66.7 Å². The number of amides is 2. The molecule has 0 aliphatic carbocycles. The van der Waals surface area contributed by atoms with E-state index >= 15 is 0 Å². The van der Waals surface area contributed by atoms with Gasteiger partial charge < -0.3 is 15.5 Å². The highest BCUT2D eigenvalue weighted by molar-refractivity contribution is 6.12. The molecule has 2 amide bonds. The molecule has 0 aliphatic rings. The Balaban J connectivity index is 2.07. The molecule has 0 fully saturated rings. The van der Waals surface area contributed by atoms with Crippen molar-refractivity contribution in [3.63, 3.8) is 0 Å². The summed E-state index contributed by atoms with van der Waals surface area (Å²) in [7, 11) is 7.19. The molecule has 0 saturated heterocycles. The molecule has 0 saturated carbocycles. The van der Waals surface area contributed by atoms with E-state index in [0.717, 1.165) is 0 Å². The topological polar surface area (TPSA) is 118 Å². The molecule has 3 rings (SSSR count). The zero-order valence-electron chi connectivity index (χ0n) is 19.7. The van der Waals surface area contributed by atoms with Crippen LogP contribution in [0.15, 0.2) is 72.8 Å². The second-order valence-corrected chi connectivity index (χ2v) is 8.17. The summed E-state index contributed by atoms with van der Waals surface area (Å²) in [6, 6.07) is 20.5. The Hall–Kier alpha value is -4.46. The Morgan fingerprint density at radius 1 is 0.647 bits per heavy atom. The molecule has 4 N–H and O–H groups in total. The van der Waals surface area contributed by atoms with Gasteiger partial charge in [0.25, 0.3) is 5.91 Å². The van der Waals surface area contributed by atoms with Crippen molar-refractivity contribution in [1.82, 2.24) is 9.80 Å². The van der Waals surface area contributed by atoms with E-state index < -0.39 is 5.91 Å². The molecule has 0 aliphatic heterocycles. The predicted molar refractivity (Wildman–Crippen MR) is 135 cm³/mol. The van der Waals surface area contributed by atoms with Crippen molar-refractivity contribution in [3.05, 3.63) is 95.1 Å². The molecule has 0 bridgehead atoms. The van der Waals surface area contributed by atoms with Crippen molar-refractivity contribution in [2.45, 2.75) is 0 Å². The third-order valence-corrected chi connectivity index (χ3v) is 5.29. The number of nitrogens with one attached hydrogen (secondary N) is 2. The van der Waals surface area contributed by atoms with Gasteiger partial charge in [0, 0.05) is 61.8 Å². The van der Waals surface area contributed by atoms with Crippen LogP contribution < -0.4 is 10.6 Å². The van der Waals surface area contributed by atoms with Crippen LogP contribution in [0.1, 0.15) is 31.8 Å². The number of hydrogen-bond donors (Lipinski definition) is 3. The number of primary amides is 1. The third kappa shape index (κ3) is 5.12. The molecule has 8 nitrogen and oxygen atoms in total. The molecule has 0 atom stereocenters. The van der Waals surface area contributed by atoms with Crippen LogP contribution in [-0.2, 0) is 0 Å². The smallest absolute Gasteiger partial charge is 0.262 e. The van der Waals surface area contributed by atoms with Crippen molar-refractivity contribution in [2.75, 3.05) is 33.1 Å². The standard InChI is InChI=1S/C26H28N6O2/c1-30(2)23(27)17-8-12-21(13-9-17)32(22-14-10-18(11-15-22)24(28)31(3)4)26(34)20-7-5-6-19(16-20)25(29)33/h5-16,27-28H,1-4H3,(H2,29,33). The lowest BCUT2D eigenvalue weighted by Crippen LogP contribution is -2.27. The first kappa shape index (κ1) is 24.2. The first-order valence-electron chi connectivity index (χ1n) is 10.6. The van der Waals surface area contributed by atoms with E-state index in [1.165, 1.54) is 11.0 Å². The zero-order chi connectivity index (χ0) is 25.0. The van der Waals surface area contributed by atoms with Crippen molar-refractivity contribution >= 4 is 34.9 Å². The van der Waals surface area contributed by atoms with Gasteiger partial charge in [0.1, 0.15) is 11.7 Å². The molecule has 0 radical (unpaired) electrons. The molecule has 0 aromatic heterocycles. The second kappa shape index (κ2) is 9.99. The normalized spacial score (nSPS) is 10.4. The van der Waals surface area contributed by atoms with Crippen molar-refractivity contribution in [1.29, 1.82) is 10.8 Å². The SMILES string of the molecule is CN(C)C(=N)c1ccc(N(C(=O)c2cccc(C(N)=O)c2)c2ccc(C(=N)N(C)C)cc2)cc1. The number of hydrogen-bond acceptors (Lipinski definition) is 4. The average molecular weight is 457 g/mol. The van der Waals surface area contributed by atoms with Crippen LogP contribution in [0, 0.1) is 10.8 Å². The van der Waals surface area contributed by atoms with Gasteiger partial charge in [-0.2, -0.15) is 0 Å². The largest absolute Gasteiger partial charge is 0.366 e. The van der Waals surface area contributed by atoms with Crippen LogP contribution in [0.4, 0.5) is 11.4 Å². The number of rotatable bonds is 6. The summed E-state index contributed by atoms with van der Waals surface area (Å²) < 4.78 is 0. The van der Waals surface area contributed by atoms with Crippen LogP contribution in [-0.4, -0.2) is 61.5 Å². The van der Waals surface area contributed by atoms with Crippen LogP contribution in [0.2, 0.25) is 0 Å². The Kier molecular flexibility index (Phi) is 7.11. The van der Waals surface area contributed by atoms with E-state index in [4.69, 9.17) is 16.6 Å². The fourth-order valence-corrected chi connectivity index (χ4v) is 3.37. The summed E-state index contributed by atoms with van der Waals surface area (Å²) in [5, 5.41) is 16.4. The fourth-order valence-electron chi connectivity index (χ4n) is 3.37. The number of nitrogens with zero attached hydrogens (tertiary/aromatic N) is 3. The van der Waals surface area contributed by atoms with Gasteiger partial charge in [-0.25, -0.2) is 0 Å². The van der Waals surface area contributed by atoms with Crippen molar-refractivity contribution in [3.8, 4) is 0 Å². The monoisotopic (exact) mass is 456 g/mol. The first-order chi connectivity index (χ1) is 16.1. The average Bonchev–Trinajstić information content (AvgIpc) is 2.84. The minimum absolute atomic E-state index is 0.246. The van der Waals surface area contributed by atoms with Crippen LogP contribution in [0.25, 0.3) is 0 Å². The molecule has 3 aromatic rings. The first-order valence-corrected chi connectivity index (χ1v) is 10.6. The molecular weight excluding hydrogens is 428 g/mol. The van der Waals surface area contributed by atoms with Crippen molar-refractivity contribution in [2.24, 2.45) is 5.73 Å². The Bertz CT molecular complexity index is 1170.